The van der Waals surface area contributed by atoms with E-state index in [0.29, 0.717) is 0 Å². The van der Waals surface area contributed by atoms with Crippen molar-refractivity contribution in [2.75, 3.05) is 18.5 Å². The second kappa shape index (κ2) is 6.48. The van der Waals surface area contributed by atoms with E-state index >= 15 is 0 Å². The van der Waals surface area contributed by atoms with Crippen molar-refractivity contribution < 1.29 is 4.74 Å². The number of benzene rings is 1. The van der Waals surface area contributed by atoms with Gasteiger partial charge in [-0.05, 0) is 39.2 Å². The van der Waals surface area contributed by atoms with Crippen LogP contribution in [0, 0.1) is 20.8 Å². The Bertz CT molecular complexity index is 892. The Morgan fingerprint density at radius 3 is 2.72 bits per heavy atom. The topological polar surface area (TPSA) is 51.5 Å². The van der Waals surface area contributed by atoms with Crippen molar-refractivity contribution in [3.05, 3.63) is 47.3 Å². The molecule has 1 fully saturated rings. The Labute approximate surface area is 148 Å². The van der Waals surface area contributed by atoms with Crippen molar-refractivity contribution in [1.82, 2.24) is 14.6 Å². The van der Waals surface area contributed by atoms with Crippen molar-refractivity contribution in [1.29, 1.82) is 0 Å². The lowest BCUT2D eigenvalue weighted by Crippen LogP contribution is -2.20. The number of aryl methyl sites for hydroxylation is 3. The molecule has 0 aliphatic carbocycles. The summed E-state index contributed by atoms with van der Waals surface area (Å²) >= 11 is 0. The molecule has 0 saturated carbocycles. The maximum absolute atomic E-state index is 5.72. The zero-order valence-electron chi connectivity index (χ0n) is 15.0. The van der Waals surface area contributed by atoms with E-state index < -0.39 is 0 Å². The monoisotopic (exact) mass is 336 g/mol. The van der Waals surface area contributed by atoms with Crippen LogP contribution in [0.2, 0.25) is 0 Å². The molecule has 25 heavy (non-hydrogen) atoms. The first-order chi connectivity index (χ1) is 12.1. The molecule has 5 heteroatoms. The SMILES string of the molecule is Cc1ccc(-c2c(C)nn3c(NC[C@@H]4CCCO4)cc(C)nc23)cc1. The maximum atomic E-state index is 5.72. The van der Waals surface area contributed by atoms with Crippen molar-refractivity contribution in [3.8, 4) is 11.1 Å². The van der Waals surface area contributed by atoms with Crippen molar-refractivity contribution in [2.45, 2.75) is 39.7 Å². The molecule has 1 saturated heterocycles. The minimum atomic E-state index is 0.289. The molecule has 3 heterocycles. The van der Waals surface area contributed by atoms with E-state index in [1.807, 2.05) is 24.4 Å². The van der Waals surface area contributed by atoms with Crippen LogP contribution >= 0.6 is 0 Å². The summed E-state index contributed by atoms with van der Waals surface area (Å²) in [7, 11) is 0. The number of ether oxygens (including phenoxy) is 1. The molecule has 3 aromatic rings. The molecule has 0 radical (unpaired) electrons. The van der Waals surface area contributed by atoms with E-state index in [1.54, 1.807) is 0 Å². The predicted molar refractivity (Wildman–Crippen MR) is 100 cm³/mol. The van der Waals surface area contributed by atoms with Gasteiger partial charge in [0.25, 0.3) is 0 Å². The normalized spacial score (nSPS) is 17.3. The Morgan fingerprint density at radius 1 is 1.20 bits per heavy atom. The number of nitrogens with zero attached hydrogens (tertiary/aromatic N) is 3. The molecule has 1 aliphatic heterocycles. The quantitative estimate of drug-likeness (QED) is 0.785. The molecule has 1 aliphatic rings. The highest BCUT2D eigenvalue weighted by Gasteiger charge is 2.18. The molecule has 0 bridgehead atoms. The molecular formula is C20H24N4O. The maximum Gasteiger partial charge on any atom is 0.165 e. The Morgan fingerprint density at radius 2 is 2.00 bits per heavy atom. The number of hydrogen-bond donors (Lipinski definition) is 1. The molecule has 130 valence electrons. The molecule has 1 aromatic carbocycles. The lowest BCUT2D eigenvalue weighted by Gasteiger charge is -2.13. The molecule has 1 atom stereocenters. The van der Waals surface area contributed by atoms with Gasteiger partial charge in [-0.15, -0.1) is 0 Å². The molecule has 1 N–H and O–H groups in total. The second-order valence-corrected chi connectivity index (χ2v) is 6.86. The fraction of sp³-hybridized carbons (Fsp3) is 0.400. The summed E-state index contributed by atoms with van der Waals surface area (Å²) in [6, 6.07) is 10.6. The summed E-state index contributed by atoms with van der Waals surface area (Å²) in [5, 5.41) is 8.26. The van der Waals surface area contributed by atoms with E-state index in [2.05, 4.69) is 36.5 Å². The van der Waals surface area contributed by atoms with Crippen LogP contribution in [-0.4, -0.2) is 33.9 Å². The van der Waals surface area contributed by atoms with Crippen LogP contribution in [0.4, 0.5) is 5.82 Å². The van der Waals surface area contributed by atoms with Crippen molar-refractivity contribution in [2.24, 2.45) is 0 Å². The second-order valence-electron chi connectivity index (χ2n) is 6.86. The molecule has 5 nitrogen and oxygen atoms in total. The van der Waals surface area contributed by atoms with Crippen LogP contribution in [0.15, 0.2) is 30.3 Å². The van der Waals surface area contributed by atoms with E-state index in [-0.39, 0.29) is 6.10 Å². The number of aromatic nitrogens is 3. The summed E-state index contributed by atoms with van der Waals surface area (Å²) in [5.74, 6) is 0.972. The van der Waals surface area contributed by atoms with Crippen LogP contribution in [0.25, 0.3) is 16.8 Å². The van der Waals surface area contributed by atoms with Gasteiger partial charge in [0, 0.05) is 30.5 Å². The highest BCUT2D eigenvalue weighted by molar-refractivity contribution is 5.81. The highest BCUT2D eigenvalue weighted by atomic mass is 16.5. The number of anilines is 1. The van der Waals surface area contributed by atoms with Gasteiger partial charge in [0.1, 0.15) is 5.82 Å². The lowest BCUT2D eigenvalue weighted by atomic mass is 10.0. The van der Waals surface area contributed by atoms with Crippen LogP contribution in [0.3, 0.4) is 0 Å². The standard InChI is InChI=1S/C20H24N4O/c1-13-6-8-16(9-7-13)19-15(3)23-24-18(11-14(2)22-20(19)24)21-12-17-5-4-10-25-17/h6-9,11,17,21H,4-5,10,12H2,1-3H3/t17-/m0/s1. The van der Waals surface area contributed by atoms with Crippen LogP contribution in [0.1, 0.15) is 29.8 Å². The van der Waals surface area contributed by atoms with Gasteiger partial charge in [0.2, 0.25) is 0 Å². The molecule has 0 amide bonds. The van der Waals surface area contributed by atoms with Gasteiger partial charge in [-0.1, -0.05) is 29.8 Å². The van der Waals surface area contributed by atoms with Gasteiger partial charge in [0.15, 0.2) is 5.65 Å². The van der Waals surface area contributed by atoms with E-state index in [1.165, 1.54) is 5.56 Å². The molecular weight excluding hydrogens is 312 g/mol. The first kappa shape index (κ1) is 16.1. The van der Waals surface area contributed by atoms with Gasteiger partial charge in [-0.25, -0.2) is 4.98 Å². The molecule has 2 aromatic heterocycles. The Hall–Kier alpha value is -2.40. The Balaban J connectivity index is 1.75. The smallest absolute Gasteiger partial charge is 0.165 e. The van der Waals surface area contributed by atoms with Crippen molar-refractivity contribution in [3.63, 3.8) is 0 Å². The number of rotatable bonds is 4. The van der Waals surface area contributed by atoms with Crippen molar-refractivity contribution >= 4 is 11.5 Å². The summed E-state index contributed by atoms with van der Waals surface area (Å²) < 4.78 is 7.64. The largest absolute Gasteiger partial charge is 0.376 e. The lowest BCUT2D eigenvalue weighted by molar-refractivity contribution is 0.120. The first-order valence-electron chi connectivity index (χ1n) is 8.91. The molecule has 0 spiro atoms. The summed E-state index contributed by atoms with van der Waals surface area (Å²) in [6.07, 6.45) is 2.56. The van der Waals surface area contributed by atoms with E-state index in [0.717, 1.165) is 60.0 Å². The Kier molecular flexibility index (Phi) is 4.17. The van der Waals surface area contributed by atoms with E-state index in [9.17, 15) is 0 Å². The number of nitrogens with one attached hydrogen (secondary N) is 1. The highest BCUT2D eigenvalue weighted by Crippen LogP contribution is 2.29. The van der Waals surface area contributed by atoms with Gasteiger partial charge < -0.3 is 10.1 Å². The third-order valence-corrected chi connectivity index (χ3v) is 4.77. The number of fused-ring (bicyclic) bond motifs is 1. The predicted octanol–water partition coefficient (Wildman–Crippen LogP) is 3.91. The van der Waals surface area contributed by atoms with Gasteiger partial charge in [-0.3, -0.25) is 0 Å². The molecule has 4 rings (SSSR count). The third kappa shape index (κ3) is 3.12. The summed E-state index contributed by atoms with van der Waals surface area (Å²) in [5.41, 5.74) is 6.37. The fourth-order valence-electron chi connectivity index (χ4n) is 3.45. The van der Waals surface area contributed by atoms with Crippen LogP contribution in [-0.2, 0) is 4.74 Å². The molecule has 0 unspecified atom stereocenters. The average molecular weight is 336 g/mol. The van der Waals surface area contributed by atoms with Gasteiger partial charge in [0.05, 0.1) is 11.8 Å². The van der Waals surface area contributed by atoms with Crippen LogP contribution < -0.4 is 5.32 Å². The number of hydrogen-bond acceptors (Lipinski definition) is 4. The fourth-order valence-corrected chi connectivity index (χ4v) is 3.45. The minimum Gasteiger partial charge on any atom is -0.376 e. The third-order valence-electron chi connectivity index (χ3n) is 4.77. The van der Waals surface area contributed by atoms with Gasteiger partial charge >= 0.3 is 0 Å². The van der Waals surface area contributed by atoms with E-state index in [4.69, 9.17) is 14.8 Å². The minimum absolute atomic E-state index is 0.289. The zero-order chi connectivity index (χ0) is 17.4. The first-order valence-corrected chi connectivity index (χ1v) is 8.91. The van der Waals surface area contributed by atoms with Crippen LogP contribution in [0.5, 0.6) is 0 Å². The summed E-state index contributed by atoms with van der Waals surface area (Å²) in [4.78, 5) is 4.76. The summed E-state index contributed by atoms with van der Waals surface area (Å²) in [6.45, 7) is 7.84. The van der Waals surface area contributed by atoms with Gasteiger partial charge in [-0.2, -0.15) is 9.61 Å². The average Bonchev–Trinajstić information content (AvgIpc) is 3.21. The zero-order valence-corrected chi connectivity index (χ0v) is 15.0.